The first-order chi connectivity index (χ1) is 10.4. The third-order valence-corrected chi connectivity index (χ3v) is 3.58. The molecule has 0 atom stereocenters. The highest BCUT2D eigenvalue weighted by molar-refractivity contribution is 5.95. The number of nitrogens with one attached hydrogen (secondary N) is 2. The number of carbonyl (C=O) groups excluding carboxylic acids is 1. The molecule has 2 N–H and O–H groups in total. The van der Waals surface area contributed by atoms with E-state index in [0.29, 0.717) is 5.69 Å². The Hall–Kier alpha value is -2.36. The van der Waals surface area contributed by atoms with Crippen LogP contribution in [0.1, 0.15) is 22.3 Å². The topological polar surface area (TPSA) is 41.1 Å². The summed E-state index contributed by atoms with van der Waals surface area (Å²) in [5.74, 6) is -0.475. The van der Waals surface area contributed by atoms with Crippen LogP contribution in [-0.2, 0) is 4.79 Å². The number of hydrogen-bond acceptors (Lipinski definition) is 2. The highest BCUT2D eigenvalue weighted by atomic mass is 19.1. The predicted molar refractivity (Wildman–Crippen MR) is 88.9 cm³/mol. The van der Waals surface area contributed by atoms with Crippen molar-refractivity contribution >= 4 is 17.3 Å². The molecule has 0 heterocycles. The van der Waals surface area contributed by atoms with Crippen molar-refractivity contribution in [2.24, 2.45) is 0 Å². The Morgan fingerprint density at radius 3 is 2.27 bits per heavy atom. The van der Waals surface area contributed by atoms with Crippen LogP contribution in [0, 0.1) is 33.5 Å². The van der Waals surface area contributed by atoms with Gasteiger partial charge in [0.1, 0.15) is 5.82 Å². The Morgan fingerprint density at radius 2 is 1.64 bits per heavy atom. The smallest absolute Gasteiger partial charge is 0.243 e. The van der Waals surface area contributed by atoms with Gasteiger partial charge < -0.3 is 10.6 Å². The number of amides is 1. The molecule has 2 rings (SSSR count). The number of halogens is 1. The first kappa shape index (κ1) is 16.0. The quantitative estimate of drug-likeness (QED) is 0.892. The summed E-state index contributed by atoms with van der Waals surface area (Å²) in [6.07, 6.45) is 0. The molecule has 0 fully saturated rings. The Bertz CT molecular complexity index is 687. The van der Waals surface area contributed by atoms with Gasteiger partial charge in [0, 0.05) is 11.4 Å². The lowest BCUT2D eigenvalue weighted by atomic mass is 10.1. The molecule has 0 bridgehead atoms. The van der Waals surface area contributed by atoms with Gasteiger partial charge >= 0.3 is 0 Å². The molecule has 4 heteroatoms. The zero-order valence-electron chi connectivity index (χ0n) is 13.4. The standard InChI is InChI=1S/C18H21FN2O/c1-11-7-13(3)18(14(4)8-11)21-17(22)10-20-16-9-15(19)6-5-12(16)2/h5-9,20H,10H2,1-4H3,(H,21,22). The van der Waals surface area contributed by atoms with Gasteiger partial charge in [-0.25, -0.2) is 4.39 Å². The number of anilines is 2. The fraction of sp³-hybridized carbons (Fsp3) is 0.278. The van der Waals surface area contributed by atoms with E-state index < -0.39 is 0 Å². The summed E-state index contributed by atoms with van der Waals surface area (Å²) in [5.41, 5.74) is 5.61. The third-order valence-electron chi connectivity index (χ3n) is 3.58. The van der Waals surface area contributed by atoms with Gasteiger partial charge in [0.05, 0.1) is 6.54 Å². The normalized spacial score (nSPS) is 10.4. The van der Waals surface area contributed by atoms with Crippen LogP contribution >= 0.6 is 0 Å². The minimum Gasteiger partial charge on any atom is -0.376 e. The summed E-state index contributed by atoms with van der Waals surface area (Å²) in [7, 11) is 0. The molecule has 0 aromatic heterocycles. The lowest BCUT2D eigenvalue weighted by Crippen LogP contribution is -2.23. The molecular formula is C18H21FN2O. The summed E-state index contributed by atoms with van der Waals surface area (Å²) in [5, 5.41) is 5.89. The SMILES string of the molecule is Cc1cc(C)c(NC(=O)CNc2cc(F)ccc2C)c(C)c1. The van der Waals surface area contributed by atoms with Crippen LogP contribution < -0.4 is 10.6 Å². The van der Waals surface area contributed by atoms with Gasteiger partial charge in [0.2, 0.25) is 5.91 Å². The van der Waals surface area contributed by atoms with Crippen LogP contribution in [0.2, 0.25) is 0 Å². The van der Waals surface area contributed by atoms with Crippen LogP contribution in [0.25, 0.3) is 0 Å². The van der Waals surface area contributed by atoms with Crippen LogP contribution in [-0.4, -0.2) is 12.5 Å². The molecule has 0 aliphatic carbocycles. The number of aryl methyl sites for hydroxylation is 4. The van der Waals surface area contributed by atoms with Crippen molar-refractivity contribution in [1.82, 2.24) is 0 Å². The van der Waals surface area contributed by atoms with E-state index in [1.54, 1.807) is 6.07 Å². The van der Waals surface area contributed by atoms with E-state index >= 15 is 0 Å². The molecule has 0 saturated heterocycles. The first-order valence-corrected chi connectivity index (χ1v) is 7.24. The second kappa shape index (κ2) is 6.60. The van der Waals surface area contributed by atoms with Gasteiger partial charge in [-0.15, -0.1) is 0 Å². The average Bonchev–Trinajstić information content (AvgIpc) is 2.44. The Kier molecular flexibility index (Phi) is 4.81. The van der Waals surface area contributed by atoms with Crippen molar-refractivity contribution in [3.8, 4) is 0 Å². The first-order valence-electron chi connectivity index (χ1n) is 7.24. The second-order valence-corrected chi connectivity index (χ2v) is 5.63. The summed E-state index contributed by atoms with van der Waals surface area (Å²) in [6.45, 7) is 7.93. The summed E-state index contributed by atoms with van der Waals surface area (Å²) >= 11 is 0. The number of hydrogen-bond donors (Lipinski definition) is 2. The molecule has 116 valence electrons. The zero-order chi connectivity index (χ0) is 16.3. The molecule has 0 aliphatic heterocycles. The zero-order valence-corrected chi connectivity index (χ0v) is 13.4. The molecule has 1 amide bonds. The van der Waals surface area contributed by atoms with Gasteiger partial charge in [0.25, 0.3) is 0 Å². The number of carbonyl (C=O) groups is 1. The molecule has 2 aromatic rings. The van der Waals surface area contributed by atoms with Crippen molar-refractivity contribution in [3.05, 3.63) is 58.4 Å². The van der Waals surface area contributed by atoms with Gasteiger partial charge in [0.15, 0.2) is 0 Å². The lowest BCUT2D eigenvalue weighted by Gasteiger charge is -2.14. The van der Waals surface area contributed by atoms with Crippen molar-refractivity contribution < 1.29 is 9.18 Å². The number of rotatable bonds is 4. The number of benzene rings is 2. The molecule has 0 radical (unpaired) electrons. The third kappa shape index (κ3) is 3.85. The Balaban J connectivity index is 2.03. The van der Waals surface area contributed by atoms with Gasteiger partial charge in [-0.3, -0.25) is 4.79 Å². The molecule has 0 aliphatic rings. The van der Waals surface area contributed by atoms with Gasteiger partial charge in [-0.1, -0.05) is 23.8 Å². The van der Waals surface area contributed by atoms with E-state index in [1.165, 1.54) is 17.7 Å². The van der Waals surface area contributed by atoms with Crippen LogP contribution in [0.15, 0.2) is 30.3 Å². The Labute approximate surface area is 130 Å². The molecule has 0 unspecified atom stereocenters. The Morgan fingerprint density at radius 1 is 1.00 bits per heavy atom. The highest BCUT2D eigenvalue weighted by Gasteiger charge is 2.09. The van der Waals surface area contributed by atoms with E-state index in [2.05, 4.69) is 10.6 Å². The fourth-order valence-electron chi connectivity index (χ4n) is 2.52. The van der Waals surface area contributed by atoms with Crippen LogP contribution in [0.3, 0.4) is 0 Å². The molecule has 22 heavy (non-hydrogen) atoms. The summed E-state index contributed by atoms with van der Waals surface area (Å²) in [4.78, 5) is 12.1. The van der Waals surface area contributed by atoms with Crippen molar-refractivity contribution in [2.45, 2.75) is 27.7 Å². The molecule has 0 spiro atoms. The molecule has 3 nitrogen and oxygen atoms in total. The lowest BCUT2D eigenvalue weighted by molar-refractivity contribution is -0.114. The van der Waals surface area contributed by atoms with Crippen molar-refractivity contribution in [2.75, 3.05) is 17.2 Å². The van der Waals surface area contributed by atoms with E-state index in [4.69, 9.17) is 0 Å². The monoisotopic (exact) mass is 300 g/mol. The average molecular weight is 300 g/mol. The van der Waals surface area contributed by atoms with E-state index in [-0.39, 0.29) is 18.3 Å². The fourth-order valence-corrected chi connectivity index (χ4v) is 2.52. The largest absolute Gasteiger partial charge is 0.376 e. The molecule has 2 aromatic carbocycles. The molecular weight excluding hydrogens is 279 g/mol. The summed E-state index contributed by atoms with van der Waals surface area (Å²) < 4.78 is 13.2. The maximum Gasteiger partial charge on any atom is 0.243 e. The van der Waals surface area contributed by atoms with Crippen molar-refractivity contribution in [1.29, 1.82) is 0 Å². The van der Waals surface area contributed by atoms with E-state index in [1.807, 2.05) is 39.8 Å². The van der Waals surface area contributed by atoms with Crippen LogP contribution in [0.5, 0.6) is 0 Å². The van der Waals surface area contributed by atoms with E-state index in [0.717, 1.165) is 22.4 Å². The van der Waals surface area contributed by atoms with Crippen molar-refractivity contribution in [3.63, 3.8) is 0 Å². The maximum atomic E-state index is 13.2. The van der Waals surface area contributed by atoms with Gasteiger partial charge in [-0.2, -0.15) is 0 Å². The van der Waals surface area contributed by atoms with Crippen LogP contribution in [0.4, 0.5) is 15.8 Å². The minimum absolute atomic E-state index is 0.0943. The maximum absolute atomic E-state index is 13.2. The minimum atomic E-state index is -0.321. The summed E-state index contributed by atoms with van der Waals surface area (Å²) in [6, 6.07) is 8.55. The highest BCUT2D eigenvalue weighted by Crippen LogP contribution is 2.22. The predicted octanol–water partition coefficient (Wildman–Crippen LogP) is 4.11. The second-order valence-electron chi connectivity index (χ2n) is 5.63. The van der Waals surface area contributed by atoms with Gasteiger partial charge in [-0.05, 0) is 56.5 Å². The molecule has 0 saturated carbocycles. The van der Waals surface area contributed by atoms with E-state index in [9.17, 15) is 9.18 Å².